The fourth-order valence-electron chi connectivity index (χ4n) is 1.61. The predicted molar refractivity (Wildman–Crippen MR) is 84.2 cm³/mol. The number of halogens is 1. The van der Waals surface area contributed by atoms with Crippen molar-refractivity contribution < 1.29 is 0 Å². The summed E-state index contributed by atoms with van der Waals surface area (Å²) in [4.78, 5) is 10.5. The van der Waals surface area contributed by atoms with Crippen molar-refractivity contribution in [3.63, 3.8) is 0 Å². The molecule has 5 heteroatoms. The summed E-state index contributed by atoms with van der Waals surface area (Å²) >= 11 is 5.91. The van der Waals surface area contributed by atoms with Crippen LogP contribution in [0.5, 0.6) is 0 Å². The third kappa shape index (κ3) is 3.26. The smallest absolute Gasteiger partial charge is 0.152 e. The first-order valence-electron chi connectivity index (χ1n) is 5.61. The van der Waals surface area contributed by atoms with E-state index < -0.39 is 0 Å². The molecule has 2 aromatic heterocycles. The lowest BCUT2D eigenvalue weighted by molar-refractivity contribution is 0.649. The molecule has 0 aliphatic heterocycles. The summed E-state index contributed by atoms with van der Waals surface area (Å²) in [6.07, 6.45) is 2.96. The van der Waals surface area contributed by atoms with Crippen LogP contribution in [0, 0.1) is 5.92 Å². The molecule has 0 aromatic carbocycles. The molecule has 0 fully saturated rings. The normalized spacial score (nSPS) is 13.2. The average molecular weight is 378 g/mol. The molecule has 0 bridgehead atoms. The second-order valence-electron chi connectivity index (χ2n) is 4.38. The summed E-state index contributed by atoms with van der Waals surface area (Å²) in [6.45, 7) is 6.71. The van der Waals surface area contributed by atoms with E-state index in [1.165, 1.54) is 10.6 Å². The number of nitrogens with zero attached hydrogens (tertiary/aromatic N) is 2. The summed E-state index contributed by atoms with van der Waals surface area (Å²) < 4.78 is 0.464. The molecule has 1 atom stereocenters. The zero-order valence-electron chi connectivity index (χ0n) is 10.1. The first-order chi connectivity index (χ1) is 8.08. The second-order valence-corrected chi connectivity index (χ2v) is 8.23. The molecule has 0 spiro atoms. The molecule has 2 aromatic rings. The van der Waals surface area contributed by atoms with Crippen LogP contribution in [0.15, 0.2) is 11.6 Å². The van der Waals surface area contributed by atoms with Gasteiger partial charge in [-0.25, -0.2) is 9.97 Å². The molecule has 2 rings (SSSR count). The topological polar surface area (TPSA) is 25.8 Å². The first kappa shape index (κ1) is 13.4. The van der Waals surface area contributed by atoms with Crippen LogP contribution in [0.1, 0.15) is 35.3 Å². The van der Waals surface area contributed by atoms with Gasteiger partial charge >= 0.3 is 0 Å². The predicted octanol–water partition coefficient (Wildman–Crippen LogP) is 4.96. The van der Waals surface area contributed by atoms with E-state index in [9.17, 15) is 0 Å². The van der Waals surface area contributed by atoms with Crippen LogP contribution in [0.4, 0.5) is 0 Å². The van der Waals surface area contributed by atoms with Gasteiger partial charge in [0.2, 0.25) is 0 Å². The molecular formula is C12H15IN2S2. The van der Waals surface area contributed by atoms with E-state index >= 15 is 0 Å². The van der Waals surface area contributed by atoms with Gasteiger partial charge in [-0.3, -0.25) is 0 Å². The summed E-state index contributed by atoms with van der Waals surface area (Å²) in [5.74, 6) is 0.675. The maximum atomic E-state index is 4.76. The molecule has 0 aliphatic rings. The van der Waals surface area contributed by atoms with Crippen molar-refractivity contribution in [3.8, 4) is 10.0 Å². The van der Waals surface area contributed by atoms with Gasteiger partial charge in [-0.05, 0) is 19.3 Å². The van der Waals surface area contributed by atoms with Gasteiger partial charge in [0, 0.05) is 16.5 Å². The average Bonchev–Trinajstić information content (AvgIpc) is 2.82. The van der Waals surface area contributed by atoms with E-state index in [4.69, 9.17) is 4.98 Å². The van der Waals surface area contributed by atoms with Crippen molar-refractivity contribution >= 4 is 45.3 Å². The van der Waals surface area contributed by atoms with E-state index in [1.807, 2.05) is 11.6 Å². The lowest BCUT2D eigenvalue weighted by Gasteiger charge is -2.05. The molecular weight excluding hydrogens is 363 g/mol. The Morgan fingerprint density at radius 2 is 2.06 bits per heavy atom. The standard InChI is InChI=1S/C12H15IN2S2/c1-7(2)6-9-10(8(3)13)15-12(17-9)11-14-4-5-16-11/h4-5,7-8H,6H2,1-3H3. The van der Waals surface area contributed by atoms with Gasteiger partial charge < -0.3 is 0 Å². The van der Waals surface area contributed by atoms with Crippen molar-refractivity contribution in [3.05, 3.63) is 22.1 Å². The number of hydrogen-bond acceptors (Lipinski definition) is 4. The van der Waals surface area contributed by atoms with E-state index in [0.717, 1.165) is 16.4 Å². The zero-order valence-corrected chi connectivity index (χ0v) is 13.9. The highest BCUT2D eigenvalue weighted by atomic mass is 127. The Kier molecular flexibility index (Phi) is 4.54. The molecule has 0 saturated carbocycles. The minimum absolute atomic E-state index is 0.464. The Labute approximate surface area is 124 Å². The third-order valence-electron chi connectivity index (χ3n) is 2.31. The monoisotopic (exact) mass is 378 g/mol. The molecule has 2 nitrogen and oxygen atoms in total. The van der Waals surface area contributed by atoms with E-state index in [1.54, 1.807) is 22.7 Å². The Balaban J connectivity index is 2.37. The van der Waals surface area contributed by atoms with Crippen LogP contribution < -0.4 is 0 Å². The molecule has 0 amide bonds. The molecule has 0 N–H and O–H groups in total. The van der Waals surface area contributed by atoms with Crippen molar-refractivity contribution in [2.75, 3.05) is 0 Å². The van der Waals surface area contributed by atoms with Gasteiger partial charge in [0.1, 0.15) is 0 Å². The number of thiazole rings is 2. The molecule has 0 radical (unpaired) electrons. The number of alkyl halides is 1. The minimum Gasteiger partial charge on any atom is -0.242 e. The quantitative estimate of drug-likeness (QED) is 0.555. The first-order valence-corrected chi connectivity index (χ1v) is 8.55. The van der Waals surface area contributed by atoms with E-state index in [0.29, 0.717) is 9.84 Å². The van der Waals surface area contributed by atoms with Gasteiger partial charge in [-0.1, -0.05) is 36.4 Å². The van der Waals surface area contributed by atoms with Crippen molar-refractivity contribution in [1.29, 1.82) is 0 Å². The highest BCUT2D eigenvalue weighted by Gasteiger charge is 2.17. The van der Waals surface area contributed by atoms with Crippen LogP contribution in [0.25, 0.3) is 10.0 Å². The Hall–Kier alpha value is -0.0100. The highest BCUT2D eigenvalue weighted by Crippen LogP contribution is 2.36. The fraction of sp³-hybridized carbons (Fsp3) is 0.500. The number of aromatic nitrogens is 2. The third-order valence-corrected chi connectivity index (χ3v) is 4.91. The largest absolute Gasteiger partial charge is 0.242 e. The van der Waals surface area contributed by atoms with Crippen molar-refractivity contribution in [2.45, 2.75) is 31.1 Å². The Bertz CT molecular complexity index is 475. The van der Waals surface area contributed by atoms with Crippen LogP contribution >= 0.6 is 45.3 Å². The SMILES string of the molecule is CC(C)Cc1sc(-c2nccs2)nc1C(C)I. The minimum atomic E-state index is 0.464. The van der Waals surface area contributed by atoms with Crippen LogP contribution in [0.2, 0.25) is 0 Å². The lowest BCUT2D eigenvalue weighted by Crippen LogP contribution is -1.96. The highest BCUT2D eigenvalue weighted by molar-refractivity contribution is 14.1. The molecule has 1 unspecified atom stereocenters. The van der Waals surface area contributed by atoms with E-state index in [2.05, 4.69) is 48.3 Å². The molecule has 2 heterocycles. The number of hydrogen-bond donors (Lipinski definition) is 0. The Morgan fingerprint density at radius 1 is 1.29 bits per heavy atom. The Morgan fingerprint density at radius 3 is 2.59 bits per heavy atom. The van der Waals surface area contributed by atoms with Crippen molar-refractivity contribution in [2.24, 2.45) is 5.92 Å². The number of rotatable bonds is 4. The summed E-state index contributed by atoms with van der Waals surface area (Å²) in [5.41, 5.74) is 1.24. The van der Waals surface area contributed by atoms with Crippen LogP contribution in [0.3, 0.4) is 0 Å². The summed E-state index contributed by atoms with van der Waals surface area (Å²) in [5, 5.41) is 4.13. The van der Waals surface area contributed by atoms with Gasteiger partial charge in [0.25, 0.3) is 0 Å². The van der Waals surface area contributed by atoms with Gasteiger partial charge in [-0.2, -0.15) is 0 Å². The molecule has 92 valence electrons. The van der Waals surface area contributed by atoms with Crippen molar-refractivity contribution in [1.82, 2.24) is 9.97 Å². The summed E-state index contributed by atoms with van der Waals surface area (Å²) in [7, 11) is 0. The molecule has 0 saturated heterocycles. The van der Waals surface area contributed by atoms with E-state index in [-0.39, 0.29) is 0 Å². The maximum Gasteiger partial charge on any atom is 0.152 e. The molecule has 17 heavy (non-hydrogen) atoms. The maximum absolute atomic E-state index is 4.76. The van der Waals surface area contributed by atoms with Crippen LogP contribution in [-0.2, 0) is 6.42 Å². The fourth-order valence-corrected chi connectivity index (χ4v) is 4.39. The zero-order chi connectivity index (χ0) is 12.4. The summed E-state index contributed by atoms with van der Waals surface area (Å²) in [6, 6.07) is 0. The van der Waals surface area contributed by atoms with Crippen LogP contribution in [-0.4, -0.2) is 9.97 Å². The lowest BCUT2D eigenvalue weighted by atomic mass is 10.1. The molecule has 0 aliphatic carbocycles. The van der Waals surface area contributed by atoms with Gasteiger partial charge in [-0.15, -0.1) is 22.7 Å². The van der Waals surface area contributed by atoms with Gasteiger partial charge in [0.15, 0.2) is 10.0 Å². The van der Waals surface area contributed by atoms with Gasteiger partial charge in [0.05, 0.1) is 9.62 Å². The second kappa shape index (κ2) is 5.75.